The van der Waals surface area contributed by atoms with Gasteiger partial charge in [-0.15, -0.1) is 0 Å². The number of nitrogens with zero attached hydrogens (tertiary/aromatic N) is 3. The second kappa shape index (κ2) is 6.11. The summed E-state index contributed by atoms with van der Waals surface area (Å²) < 4.78 is 6.04. The molecular weight excluding hydrogens is 326 g/mol. The lowest BCUT2D eigenvalue weighted by molar-refractivity contribution is 0.429. The molecule has 0 saturated carbocycles. The third-order valence-electron chi connectivity index (χ3n) is 4.49. The second-order valence-electron chi connectivity index (χ2n) is 6.17. The van der Waals surface area contributed by atoms with Crippen molar-refractivity contribution < 1.29 is 4.42 Å². The van der Waals surface area contributed by atoms with Gasteiger partial charge >= 0.3 is 0 Å². The van der Waals surface area contributed by atoms with Crippen molar-refractivity contribution in [2.24, 2.45) is 0 Å². The molecule has 126 valence electrons. The average Bonchev–Trinajstić information content (AvgIpc) is 2.92. The fourth-order valence-electron chi connectivity index (χ4n) is 3.46. The molecule has 3 aromatic rings. The van der Waals surface area contributed by atoms with Crippen molar-refractivity contribution in [3.8, 4) is 0 Å². The molecule has 1 aliphatic rings. The monoisotopic (exact) mass is 345 g/mol. The van der Waals surface area contributed by atoms with Gasteiger partial charge in [-0.05, 0) is 37.6 Å². The number of nitrogen functional groups attached to an aromatic ring is 1. The summed E-state index contributed by atoms with van der Waals surface area (Å²) in [6.07, 6.45) is 2.28. The first-order valence-corrected chi connectivity index (χ1v) is 8.67. The summed E-state index contributed by atoms with van der Waals surface area (Å²) in [5, 5.41) is 5.03. The van der Waals surface area contributed by atoms with Crippen molar-refractivity contribution in [3.05, 3.63) is 23.2 Å². The Bertz CT molecular complexity index is 891. The molecule has 0 radical (unpaired) electrons. The molecule has 1 aromatic carbocycles. The number of rotatable bonds is 3. The zero-order chi connectivity index (χ0) is 16.7. The highest BCUT2D eigenvalue weighted by Gasteiger charge is 2.25. The lowest BCUT2D eigenvalue weighted by Crippen LogP contribution is -2.46. The van der Waals surface area contributed by atoms with Gasteiger partial charge in [0, 0.05) is 29.5 Å². The van der Waals surface area contributed by atoms with Crippen molar-refractivity contribution in [1.82, 2.24) is 15.3 Å². The van der Waals surface area contributed by atoms with Gasteiger partial charge in [-0.3, -0.25) is 0 Å². The van der Waals surface area contributed by atoms with Crippen LogP contribution < -0.4 is 16.0 Å². The molecule has 0 amide bonds. The minimum Gasteiger partial charge on any atom is -0.450 e. The van der Waals surface area contributed by atoms with Gasteiger partial charge in [0.1, 0.15) is 11.1 Å². The Kier molecular flexibility index (Phi) is 3.94. The minimum atomic E-state index is 0.255. The number of halogens is 1. The molecule has 1 fully saturated rings. The number of fused-ring (bicyclic) bond motifs is 3. The van der Waals surface area contributed by atoms with Crippen LogP contribution in [-0.4, -0.2) is 35.6 Å². The molecule has 3 N–H and O–H groups in total. The topological polar surface area (TPSA) is 80.2 Å². The van der Waals surface area contributed by atoms with E-state index >= 15 is 0 Å². The molecule has 0 aliphatic carbocycles. The van der Waals surface area contributed by atoms with Gasteiger partial charge < -0.3 is 20.4 Å². The number of furan rings is 1. The quantitative estimate of drug-likeness (QED) is 0.758. The fourth-order valence-corrected chi connectivity index (χ4v) is 3.63. The predicted octanol–water partition coefficient (Wildman–Crippen LogP) is 3.19. The van der Waals surface area contributed by atoms with Crippen LogP contribution in [0.5, 0.6) is 0 Å². The third-order valence-corrected chi connectivity index (χ3v) is 4.72. The molecule has 3 heterocycles. The molecule has 1 saturated heterocycles. The number of aromatic nitrogens is 2. The van der Waals surface area contributed by atoms with Crippen molar-refractivity contribution in [1.29, 1.82) is 0 Å². The summed E-state index contributed by atoms with van der Waals surface area (Å²) in [6, 6.07) is 5.98. The maximum Gasteiger partial charge on any atom is 0.222 e. The zero-order valence-corrected chi connectivity index (χ0v) is 14.3. The van der Waals surface area contributed by atoms with E-state index in [9.17, 15) is 0 Å². The number of hydrogen-bond donors (Lipinski definition) is 2. The average molecular weight is 346 g/mol. The van der Waals surface area contributed by atoms with Crippen LogP contribution >= 0.6 is 11.6 Å². The zero-order valence-electron chi connectivity index (χ0n) is 13.6. The van der Waals surface area contributed by atoms with Crippen molar-refractivity contribution in [2.45, 2.75) is 25.8 Å². The number of nitrogens with two attached hydrogens (primary N) is 1. The molecular formula is C17H20ClN5O. The van der Waals surface area contributed by atoms with E-state index in [1.807, 2.05) is 18.2 Å². The molecule has 6 nitrogen and oxygen atoms in total. The number of hydrogen-bond acceptors (Lipinski definition) is 6. The largest absolute Gasteiger partial charge is 0.450 e. The Hall–Kier alpha value is -2.05. The first-order chi connectivity index (χ1) is 11.7. The van der Waals surface area contributed by atoms with Crippen LogP contribution in [0.2, 0.25) is 5.02 Å². The van der Waals surface area contributed by atoms with Crippen LogP contribution in [0.4, 0.5) is 11.8 Å². The maximum absolute atomic E-state index is 6.12. The third kappa shape index (κ3) is 2.65. The Morgan fingerprint density at radius 2 is 2.29 bits per heavy atom. The Morgan fingerprint density at radius 1 is 1.42 bits per heavy atom. The van der Waals surface area contributed by atoms with E-state index in [1.54, 1.807) is 0 Å². The van der Waals surface area contributed by atoms with E-state index in [4.69, 9.17) is 21.8 Å². The van der Waals surface area contributed by atoms with Crippen molar-refractivity contribution in [3.63, 3.8) is 0 Å². The highest BCUT2D eigenvalue weighted by Crippen LogP contribution is 2.35. The molecule has 24 heavy (non-hydrogen) atoms. The van der Waals surface area contributed by atoms with Crippen LogP contribution in [0.15, 0.2) is 22.6 Å². The lowest BCUT2D eigenvalue weighted by Gasteiger charge is -2.33. The van der Waals surface area contributed by atoms with Crippen LogP contribution in [0, 0.1) is 0 Å². The summed E-state index contributed by atoms with van der Waals surface area (Å²) in [4.78, 5) is 11.1. The predicted molar refractivity (Wildman–Crippen MR) is 97.6 cm³/mol. The second-order valence-corrected chi connectivity index (χ2v) is 6.60. The molecule has 0 bridgehead atoms. The van der Waals surface area contributed by atoms with Gasteiger partial charge in [-0.2, -0.15) is 4.98 Å². The molecule has 2 aromatic heterocycles. The minimum absolute atomic E-state index is 0.255. The van der Waals surface area contributed by atoms with Crippen LogP contribution in [0.1, 0.15) is 19.8 Å². The van der Waals surface area contributed by atoms with Crippen molar-refractivity contribution in [2.75, 3.05) is 30.3 Å². The molecule has 1 unspecified atom stereocenters. The number of benzene rings is 1. The summed E-state index contributed by atoms with van der Waals surface area (Å²) in [6.45, 7) is 4.91. The molecule has 1 atom stereocenters. The van der Waals surface area contributed by atoms with E-state index < -0.39 is 0 Å². The summed E-state index contributed by atoms with van der Waals surface area (Å²) in [5.74, 6) is 1.03. The van der Waals surface area contributed by atoms with Gasteiger partial charge in [0.2, 0.25) is 5.95 Å². The highest BCUT2D eigenvalue weighted by molar-refractivity contribution is 6.31. The smallest absolute Gasteiger partial charge is 0.222 e. The summed E-state index contributed by atoms with van der Waals surface area (Å²) in [7, 11) is 0. The number of likely N-dealkylation sites (N-methyl/N-ethyl adjacent to an activating group) is 1. The maximum atomic E-state index is 6.12. The number of anilines is 2. The van der Waals surface area contributed by atoms with E-state index in [2.05, 4.69) is 27.1 Å². The normalized spacial score (nSPS) is 18.6. The first-order valence-electron chi connectivity index (χ1n) is 8.29. The Balaban J connectivity index is 1.84. The van der Waals surface area contributed by atoms with Gasteiger partial charge in [0.25, 0.3) is 0 Å². The van der Waals surface area contributed by atoms with E-state index in [-0.39, 0.29) is 5.95 Å². The molecule has 0 spiro atoms. The highest BCUT2D eigenvalue weighted by atomic mass is 35.5. The van der Waals surface area contributed by atoms with Crippen LogP contribution in [0.25, 0.3) is 22.1 Å². The van der Waals surface area contributed by atoms with Gasteiger partial charge in [0.05, 0.1) is 0 Å². The molecule has 1 aliphatic heterocycles. The fraction of sp³-hybridized carbons (Fsp3) is 0.412. The van der Waals surface area contributed by atoms with E-state index in [0.717, 1.165) is 48.4 Å². The van der Waals surface area contributed by atoms with Gasteiger partial charge in [0.15, 0.2) is 11.4 Å². The van der Waals surface area contributed by atoms with Crippen LogP contribution in [0.3, 0.4) is 0 Å². The first kappa shape index (κ1) is 15.5. The van der Waals surface area contributed by atoms with Crippen molar-refractivity contribution >= 4 is 45.4 Å². The lowest BCUT2D eigenvalue weighted by atomic mass is 10.1. The van der Waals surface area contributed by atoms with E-state index in [0.29, 0.717) is 16.6 Å². The Morgan fingerprint density at radius 3 is 3.12 bits per heavy atom. The Labute approximate surface area is 145 Å². The SMILES string of the molecule is CCNC1CCCN(c2nc(N)nc3c2oc2ccc(Cl)cc23)C1. The molecule has 4 rings (SSSR count). The van der Waals surface area contributed by atoms with Gasteiger partial charge in [-0.1, -0.05) is 18.5 Å². The van der Waals surface area contributed by atoms with E-state index in [1.165, 1.54) is 6.42 Å². The van der Waals surface area contributed by atoms with Gasteiger partial charge in [-0.25, -0.2) is 4.98 Å². The molecule has 7 heteroatoms. The summed E-state index contributed by atoms with van der Waals surface area (Å²) >= 11 is 6.12. The van der Waals surface area contributed by atoms with Crippen LogP contribution in [-0.2, 0) is 0 Å². The summed E-state index contributed by atoms with van der Waals surface area (Å²) in [5.41, 5.74) is 8.12. The standard InChI is InChI=1S/C17H20ClN5O/c1-2-20-11-4-3-7-23(9-11)16-15-14(21-17(19)22-16)12-8-10(18)5-6-13(12)24-15/h5-6,8,11,20H,2-4,7,9H2,1H3,(H2,19,21,22). The number of nitrogens with one attached hydrogen (secondary N) is 1. The number of piperidine rings is 1.